The molecule has 0 aromatic heterocycles. The lowest BCUT2D eigenvalue weighted by Crippen LogP contribution is -2.32. The first-order valence-electron chi connectivity index (χ1n) is 10.9. The third-order valence-electron chi connectivity index (χ3n) is 5.45. The van der Waals surface area contributed by atoms with E-state index in [1.807, 2.05) is 31.2 Å². The third kappa shape index (κ3) is 4.51. The molecular formula is C27H25FN2O3. The molecular weight excluding hydrogens is 419 g/mol. The minimum absolute atomic E-state index is 0.144. The number of ether oxygens (including phenoxy) is 1. The van der Waals surface area contributed by atoms with Crippen LogP contribution < -0.4 is 15.0 Å². The van der Waals surface area contributed by atoms with E-state index in [0.29, 0.717) is 29.5 Å². The van der Waals surface area contributed by atoms with Crippen molar-refractivity contribution in [1.82, 2.24) is 0 Å². The van der Waals surface area contributed by atoms with Crippen molar-refractivity contribution in [3.63, 3.8) is 0 Å². The van der Waals surface area contributed by atoms with Crippen molar-refractivity contribution in [3.8, 4) is 5.75 Å². The highest BCUT2D eigenvalue weighted by Gasteiger charge is 2.40. The molecule has 3 aromatic carbocycles. The van der Waals surface area contributed by atoms with Gasteiger partial charge in [-0.2, -0.15) is 0 Å². The molecule has 1 aliphatic heterocycles. The van der Waals surface area contributed by atoms with Crippen molar-refractivity contribution >= 4 is 28.8 Å². The fourth-order valence-corrected chi connectivity index (χ4v) is 3.74. The lowest BCUT2D eigenvalue weighted by Gasteiger charge is -2.15. The first-order chi connectivity index (χ1) is 15.9. The topological polar surface area (TPSA) is 58.6 Å². The van der Waals surface area contributed by atoms with Crippen LogP contribution in [-0.2, 0) is 9.59 Å². The number of carbonyl (C=O) groups is 2. The summed E-state index contributed by atoms with van der Waals surface area (Å²) in [6.45, 7) is 6.61. The summed E-state index contributed by atoms with van der Waals surface area (Å²) in [5.74, 6) is -0.546. The minimum atomic E-state index is -0.539. The van der Waals surface area contributed by atoms with E-state index in [2.05, 4.69) is 19.2 Å². The second kappa shape index (κ2) is 9.28. The molecule has 0 unspecified atom stereocenters. The Hall–Kier alpha value is -3.93. The van der Waals surface area contributed by atoms with E-state index in [1.54, 1.807) is 24.3 Å². The lowest BCUT2D eigenvalue weighted by molar-refractivity contribution is -0.120. The SMILES string of the molecule is CCOc1ccc(C2=C(Nc3ccc(C(C)C)cc3)C(=O)N(c3cccc(F)c3)C2=O)cc1. The zero-order valence-corrected chi connectivity index (χ0v) is 18.8. The Balaban J connectivity index is 1.76. The summed E-state index contributed by atoms with van der Waals surface area (Å²) >= 11 is 0. The van der Waals surface area contributed by atoms with Crippen molar-refractivity contribution in [1.29, 1.82) is 0 Å². The van der Waals surface area contributed by atoms with Gasteiger partial charge in [0.25, 0.3) is 11.8 Å². The standard InChI is InChI=1S/C27H25FN2O3/c1-4-33-23-14-10-19(11-15-23)24-25(29-21-12-8-18(9-13-21)17(2)3)27(32)30(26(24)31)22-7-5-6-20(28)16-22/h5-17,29H,4H2,1-3H3. The van der Waals surface area contributed by atoms with Gasteiger partial charge in [-0.25, -0.2) is 9.29 Å². The van der Waals surface area contributed by atoms with Crippen LogP contribution in [0, 0.1) is 5.82 Å². The Labute approximate surface area is 192 Å². The van der Waals surface area contributed by atoms with Gasteiger partial charge in [-0.05, 0) is 66.4 Å². The molecule has 0 aliphatic carbocycles. The number of nitrogens with zero attached hydrogens (tertiary/aromatic N) is 1. The highest BCUT2D eigenvalue weighted by atomic mass is 19.1. The summed E-state index contributed by atoms with van der Waals surface area (Å²) in [7, 11) is 0. The maximum absolute atomic E-state index is 13.9. The van der Waals surface area contributed by atoms with Crippen LogP contribution in [0.3, 0.4) is 0 Å². The molecule has 0 fully saturated rings. The average Bonchev–Trinajstić information content (AvgIpc) is 3.04. The normalized spacial score (nSPS) is 13.8. The van der Waals surface area contributed by atoms with Gasteiger partial charge in [0.1, 0.15) is 17.3 Å². The molecule has 3 aromatic rings. The Morgan fingerprint density at radius 1 is 0.939 bits per heavy atom. The number of rotatable bonds is 7. The van der Waals surface area contributed by atoms with Crippen LogP contribution in [0.1, 0.15) is 37.8 Å². The van der Waals surface area contributed by atoms with E-state index in [4.69, 9.17) is 4.74 Å². The number of hydrogen-bond donors (Lipinski definition) is 1. The lowest BCUT2D eigenvalue weighted by atomic mass is 10.0. The maximum Gasteiger partial charge on any atom is 0.282 e. The van der Waals surface area contributed by atoms with E-state index in [0.717, 1.165) is 10.5 Å². The number of halogens is 1. The predicted octanol–water partition coefficient (Wildman–Crippen LogP) is 5.74. The molecule has 1 aliphatic rings. The molecule has 5 nitrogen and oxygen atoms in total. The Kier molecular flexibility index (Phi) is 6.27. The second-order valence-corrected chi connectivity index (χ2v) is 8.03. The molecule has 0 spiro atoms. The zero-order valence-electron chi connectivity index (χ0n) is 18.8. The van der Waals surface area contributed by atoms with Crippen LogP contribution >= 0.6 is 0 Å². The fourth-order valence-electron chi connectivity index (χ4n) is 3.74. The maximum atomic E-state index is 13.9. The van der Waals surface area contributed by atoms with Crippen LogP contribution in [0.15, 0.2) is 78.5 Å². The molecule has 0 saturated carbocycles. The Morgan fingerprint density at radius 2 is 1.64 bits per heavy atom. The van der Waals surface area contributed by atoms with Crippen LogP contribution in [0.2, 0.25) is 0 Å². The molecule has 0 atom stereocenters. The molecule has 1 heterocycles. The summed E-state index contributed by atoms with van der Waals surface area (Å²) in [5.41, 5.74) is 2.96. The third-order valence-corrected chi connectivity index (χ3v) is 5.45. The molecule has 0 bridgehead atoms. The number of imide groups is 1. The van der Waals surface area contributed by atoms with Crippen molar-refractivity contribution in [2.24, 2.45) is 0 Å². The molecule has 168 valence electrons. The van der Waals surface area contributed by atoms with Crippen LogP contribution in [0.25, 0.3) is 5.57 Å². The Morgan fingerprint density at radius 3 is 2.24 bits per heavy atom. The van der Waals surface area contributed by atoms with Gasteiger partial charge < -0.3 is 10.1 Å². The summed E-state index contributed by atoms with van der Waals surface area (Å²) < 4.78 is 19.4. The van der Waals surface area contributed by atoms with Crippen molar-refractivity contribution < 1.29 is 18.7 Å². The second-order valence-electron chi connectivity index (χ2n) is 8.03. The number of nitrogens with one attached hydrogen (secondary N) is 1. The highest BCUT2D eigenvalue weighted by molar-refractivity contribution is 6.46. The van der Waals surface area contributed by atoms with E-state index >= 15 is 0 Å². The number of benzene rings is 3. The summed E-state index contributed by atoms with van der Waals surface area (Å²) in [6, 6.07) is 20.2. The molecule has 0 radical (unpaired) electrons. The predicted molar refractivity (Wildman–Crippen MR) is 128 cm³/mol. The number of hydrogen-bond acceptors (Lipinski definition) is 4. The summed E-state index contributed by atoms with van der Waals surface area (Å²) in [5, 5.41) is 3.13. The van der Waals surface area contributed by atoms with Crippen LogP contribution in [0.5, 0.6) is 5.75 Å². The van der Waals surface area contributed by atoms with E-state index in [-0.39, 0.29) is 17.0 Å². The van der Waals surface area contributed by atoms with Gasteiger partial charge in [-0.15, -0.1) is 0 Å². The number of carbonyl (C=O) groups excluding carboxylic acids is 2. The van der Waals surface area contributed by atoms with Gasteiger partial charge in [0, 0.05) is 5.69 Å². The fraction of sp³-hybridized carbons (Fsp3) is 0.185. The summed E-state index contributed by atoms with van der Waals surface area (Å²) in [6.07, 6.45) is 0. The van der Waals surface area contributed by atoms with Gasteiger partial charge in [0.2, 0.25) is 0 Å². The molecule has 33 heavy (non-hydrogen) atoms. The van der Waals surface area contributed by atoms with Crippen LogP contribution in [0.4, 0.5) is 15.8 Å². The average molecular weight is 445 g/mol. The van der Waals surface area contributed by atoms with Gasteiger partial charge in [-0.3, -0.25) is 9.59 Å². The number of anilines is 2. The van der Waals surface area contributed by atoms with Crippen molar-refractivity contribution in [3.05, 3.63) is 95.4 Å². The van der Waals surface area contributed by atoms with E-state index < -0.39 is 17.6 Å². The molecule has 1 N–H and O–H groups in total. The van der Waals surface area contributed by atoms with E-state index in [1.165, 1.54) is 24.3 Å². The number of amides is 2. The summed E-state index contributed by atoms with van der Waals surface area (Å²) in [4.78, 5) is 27.8. The van der Waals surface area contributed by atoms with Crippen molar-refractivity contribution in [2.45, 2.75) is 26.7 Å². The zero-order chi connectivity index (χ0) is 23.5. The van der Waals surface area contributed by atoms with Gasteiger partial charge >= 0.3 is 0 Å². The highest BCUT2D eigenvalue weighted by Crippen LogP contribution is 2.34. The Bertz CT molecular complexity index is 1210. The van der Waals surface area contributed by atoms with E-state index in [9.17, 15) is 14.0 Å². The molecule has 2 amide bonds. The largest absolute Gasteiger partial charge is 0.494 e. The molecule has 4 rings (SSSR count). The first-order valence-corrected chi connectivity index (χ1v) is 10.9. The van der Waals surface area contributed by atoms with Gasteiger partial charge in [0.15, 0.2) is 0 Å². The quantitative estimate of drug-likeness (QED) is 0.472. The monoisotopic (exact) mass is 444 g/mol. The first kappa shape index (κ1) is 22.3. The minimum Gasteiger partial charge on any atom is -0.494 e. The smallest absolute Gasteiger partial charge is 0.282 e. The molecule has 0 saturated heterocycles. The van der Waals surface area contributed by atoms with Gasteiger partial charge in [-0.1, -0.05) is 44.2 Å². The van der Waals surface area contributed by atoms with Crippen LogP contribution in [-0.4, -0.2) is 18.4 Å². The van der Waals surface area contributed by atoms with Gasteiger partial charge in [0.05, 0.1) is 17.9 Å². The van der Waals surface area contributed by atoms with Crippen molar-refractivity contribution in [2.75, 3.05) is 16.8 Å². The molecule has 6 heteroatoms.